The zero-order valence-electron chi connectivity index (χ0n) is 12.7. The van der Waals surface area contributed by atoms with Gasteiger partial charge >= 0.3 is 5.97 Å². The first-order chi connectivity index (χ1) is 11.0. The zero-order valence-corrected chi connectivity index (χ0v) is 13.5. The van der Waals surface area contributed by atoms with Gasteiger partial charge in [-0.2, -0.15) is 0 Å². The molecule has 0 aliphatic carbocycles. The van der Waals surface area contributed by atoms with Crippen LogP contribution in [0.2, 0.25) is 5.02 Å². The van der Waals surface area contributed by atoms with Gasteiger partial charge < -0.3 is 14.8 Å². The van der Waals surface area contributed by atoms with Crippen LogP contribution in [0.25, 0.3) is 0 Å². The number of nitrogens with one attached hydrogen (secondary N) is 1. The Balaban J connectivity index is 2.01. The molecule has 0 aliphatic rings. The molecule has 120 valence electrons. The number of ether oxygens (including phenoxy) is 2. The van der Waals surface area contributed by atoms with Gasteiger partial charge in [0, 0.05) is 5.02 Å². The normalized spacial score (nSPS) is 11.4. The Kier molecular flexibility index (Phi) is 5.60. The van der Waals surface area contributed by atoms with E-state index in [9.17, 15) is 9.59 Å². The second kappa shape index (κ2) is 7.65. The molecule has 0 saturated heterocycles. The van der Waals surface area contributed by atoms with Crippen molar-refractivity contribution in [2.24, 2.45) is 0 Å². The van der Waals surface area contributed by atoms with Crippen LogP contribution in [-0.4, -0.2) is 25.1 Å². The van der Waals surface area contributed by atoms with Crippen molar-refractivity contribution in [1.29, 1.82) is 0 Å². The fourth-order valence-corrected chi connectivity index (χ4v) is 2.07. The molecule has 23 heavy (non-hydrogen) atoms. The Hall–Kier alpha value is -2.53. The number of benzene rings is 2. The smallest absolute Gasteiger partial charge is 0.338 e. The van der Waals surface area contributed by atoms with Crippen LogP contribution in [0.4, 0.5) is 5.69 Å². The van der Waals surface area contributed by atoms with Crippen LogP contribution in [-0.2, 0) is 9.53 Å². The molecule has 0 aliphatic heterocycles. The lowest BCUT2D eigenvalue weighted by Gasteiger charge is -2.15. The van der Waals surface area contributed by atoms with E-state index in [0.29, 0.717) is 16.5 Å². The Bertz CT molecular complexity index is 717. The standard InChI is InChI=1S/C17H16ClNO4/c1-11(23-17(21)12-6-5-7-13(18)10-12)16(20)19-14-8-3-4-9-15(14)22-2/h3-11H,1-2H3,(H,19,20). The van der Waals surface area contributed by atoms with Crippen LogP contribution in [0.15, 0.2) is 48.5 Å². The predicted octanol–water partition coefficient (Wildman–Crippen LogP) is 3.53. The highest BCUT2D eigenvalue weighted by molar-refractivity contribution is 6.30. The Morgan fingerprint density at radius 1 is 1.13 bits per heavy atom. The number of esters is 1. The molecule has 0 spiro atoms. The summed E-state index contributed by atoms with van der Waals surface area (Å²) >= 11 is 5.83. The quantitative estimate of drug-likeness (QED) is 0.850. The van der Waals surface area contributed by atoms with Gasteiger partial charge in [0.1, 0.15) is 5.75 Å². The molecule has 0 heterocycles. The van der Waals surface area contributed by atoms with Gasteiger partial charge in [-0.25, -0.2) is 4.79 Å². The molecule has 1 amide bonds. The van der Waals surface area contributed by atoms with Gasteiger partial charge in [-0.05, 0) is 37.3 Å². The van der Waals surface area contributed by atoms with E-state index in [1.54, 1.807) is 42.5 Å². The fourth-order valence-electron chi connectivity index (χ4n) is 1.88. The zero-order chi connectivity index (χ0) is 16.8. The van der Waals surface area contributed by atoms with Crippen molar-refractivity contribution in [3.8, 4) is 5.75 Å². The molecule has 0 bridgehead atoms. The SMILES string of the molecule is COc1ccccc1NC(=O)C(C)OC(=O)c1cccc(Cl)c1. The summed E-state index contributed by atoms with van der Waals surface area (Å²) in [4.78, 5) is 24.1. The van der Waals surface area contributed by atoms with Gasteiger partial charge in [0.05, 0.1) is 18.4 Å². The number of rotatable bonds is 5. The third-order valence-corrected chi connectivity index (χ3v) is 3.31. The number of carbonyl (C=O) groups excluding carboxylic acids is 2. The van der Waals surface area contributed by atoms with Crippen molar-refractivity contribution in [2.45, 2.75) is 13.0 Å². The lowest BCUT2D eigenvalue weighted by molar-refractivity contribution is -0.123. The van der Waals surface area contributed by atoms with Gasteiger partial charge in [-0.3, -0.25) is 4.79 Å². The van der Waals surface area contributed by atoms with Gasteiger partial charge in [0.2, 0.25) is 0 Å². The second-order valence-corrected chi connectivity index (χ2v) is 5.18. The molecular weight excluding hydrogens is 318 g/mol. The first-order valence-corrected chi connectivity index (χ1v) is 7.29. The minimum Gasteiger partial charge on any atom is -0.495 e. The number of para-hydroxylation sites is 2. The molecule has 0 saturated carbocycles. The highest BCUT2D eigenvalue weighted by Gasteiger charge is 2.20. The predicted molar refractivity (Wildman–Crippen MR) is 88.0 cm³/mol. The maximum Gasteiger partial charge on any atom is 0.338 e. The summed E-state index contributed by atoms with van der Waals surface area (Å²) in [5.41, 5.74) is 0.792. The van der Waals surface area contributed by atoms with Crippen molar-refractivity contribution in [3.63, 3.8) is 0 Å². The molecule has 1 unspecified atom stereocenters. The van der Waals surface area contributed by atoms with E-state index in [0.717, 1.165) is 0 Å². The van der Waals surface area contributed by atoms with Crippen molar-refractivity contribution < 1.29 is 19.1 Å². The first kappa shape index (κ1) is 16.8. The largest absolute Gasteiger partial charge is 0.495 e. The molecule has 0 aromatic heterocycles. The van der Waals surface area contributed by atoms with Crippen LogP contribution in [0.5, 0.6) is 5.75 Å². The van der Waals surface area contributed by atoms with Crippen LogP contribution in [0.3, 0.4) is 0 Å². The molecule has 2 aromatic carbocycles. The lowest BCUT2D eigenvalue weighted by atomic mass is 10.2. The van der Waals surface area contributed by atoms with Crippen LogP contribution in [0, 0.1) is 0 Å². The summed E-state index contributed by atoms with van der Waals surface area (Å²) in [5.74, 6) is -0.547. The summed E-state index contributed by atoms with van der Waals surface area (Å²) in [7, 11) is 1.51. The van der Waals surface area contributed by atoms with E-state index in [1.165, 1.54) is 20.1 Å². The lowest BCUT2D eigenvalue weighted by Crippen LogP contribution is -2.30. The third kappa shape index (κ3) is 4.47. The molecule has 0 radical (unpaired) electrons. The minimum atomic E-state index is -0.966. The van der Waals surface area contributed by atoms with Gasteiger partial charge in [-0.1, -0.05) is 29.8 Å². The number of hydrogen-bond donors (Lipinski definition) is 1. The minimum absolute atomic E-state index is 0.287. The summed E-state index contributed by atoms with van der Waals surface area (Å²) in [5, 5.41) is 3.08. The Morgan fingerprint density at radius 2 is 1.87 bits per heavy atom. The maximum atomic E-state index is 12.1. The van der Waals surface area contributed by atoms with E-state index >= 15 is 0 Å². The summed E-state index contributed by atoms with van der Waals surface area (Å²) in [6, 6.07) is 13.3. The van der Waals surface area contributed by atoms with Crippen LogP contribution < -0.4 is 10.1 Å². The van der Waals surface area contributed by atoms with E-state index in [1.807, 2.05) is 0 Å². The van der Waals surface area contributed by atoms with Crippen LogP contribution in [0.1, 0.15) is 17.3 Å². The average molecular weight is 334 g/mol. The first-order valence-electron chi connectivity index (χ1n) is 6.91. The van der Waals surface area contributed by atoms with Gasteiger partial charge in [-0.15, -0.1) is 0 Å². The van der Waals surface area contributed by atoms with Crippen molar-refractivity contribution in [2.75, 3.05) is 12.4 Å². The van der Waals surface area contributed by atoms with Crippen molar-refractivity contribution in [3.05, 3.63) is 59.1 Å². The van der Waals surface area contributed by atoms with Gasteiger partial charge in [0.25, 0.3) is 5.91 Å². The number of amides is 1. The summed E-state index contributed by atoms with van der Waals surface area (Å²) < 4.78 is 10.3. The molecule has 1 N–H and O–H groups in total. The second-order valence-electron chi connectivity index (χ2n) is 4.75. The molecule has 2 rings (SSSR count). The summed E-state index contributed by atoms with van der Waals surface area (Å²) in [6.07, 6.45) is -0.966. The highest BCUT2D eigenvalue weighted by atomic mass is 35.5. The monoisotopic (exact) mass is 333 g/mol. The average Bonchev–Trinajstić information content (AvgIpc) is 2.55. The number of halogens is 1. The highest BCUT2D eigenvalue weighted by Crippen LogP contribution is 2.23. The van der Waals surface area contributed by atoms with E-state index in [4.69, 9.17) is 21.1 Å². The topological polar surface area (TPSA) is 64.6 Å². The molecule has 6 heteroatoms. The molecule has 0 fully saturated rings. The Morgan fingerprint density at radius 3 is 2.57 bits per heavy atom. The fraction of sp³-hybridized carbons (Fsp3) is 0.176. The Labute approximate surface area is 139 Å². The van der Waals surface area contributed by atoms with Crippen LogP contribution >= 0.6 is 11.6 Å². The molecule has 1 atom stereocenters. The molecular formula is C17H16ClNO4. The molecule has 2 aromatic rings. The van der Waals surface area contributed by atoms with Gasteiger partial charge in [0.15, 0.2) is 6.10 Å². The van der Waals surface area contributed by atoms with Crippen molar-refractivity contribution in [1.82, 2.24) is 0 Å². The van der Waals surface area contributed by atoms with E-state index in [2.05, 4.69) is 5.32 Å². The number of anilines is 1. The summed E-state index contributed by atoms with van der Waals surface area (Å²) in [6.45, 7) is 1.49. The maximum absolute atomic E-state index is 12.1. The number of methoxy groups -OCH3 is 1. The van der Waals surface area contributed by atoms with Crippen molar-refractivity contribution >= 4 is 29.2 Å². The third-order valence-electron chi connectivity index (χ3n) is 3.08. The molecule has 5 nitrogen and oxygen atoms in total. The van der Waals surface area contributed by atoms with E-state index in [-0.39, 0.29) is 5.56 Å². The van der Waals surface area contributed by atoms with E-state index < -0.39 is 18.0 Å². The number of carbonyl (C=O) groups is 2. The number of hydrogen-bond acceptors (Lipinski definition) is 4.